The summed E-state index contributed by atoms with van der Waals surface area (Å²) in [5, 5.41) is 4.05. The Balaban J connectivity index is 1.49. The number of nitrogens with zero attached hydrogens (tertiary/aromatic N) is 4. The minimum absolute atomic E-state index is 0.103. The third-order valence-corrected chi connectivity index (χ3v) is 7.66. The fourth-order valence-corrected chi connectivity index (χ4v) is 5.85. The molecule has 0 fully saturated rings. The van der Waals surface area contributed by atoms with Crippen LogP contribution in [0.15, 0.2) is 45.5 Å². The lowest BCUT2D eigenvalue weighted by Gasteiger charge is -2.20. The Kier molecular flexibility index (Phi) is 7.02. The van der Waals surface area contributed by atoms with Gasteiger partial charge in [0.25, 0.3) is 0 Å². The lowest BCUT2D eigenvalue weighted by Crippen LogP contribution is -2.33. The number of hydrogen-bond acceptors (Lipinski definition) is 6. The average molecular weight is 441 g/mol. The van der Waals surface area contributed by atoms with E-state index < -0.39 is 0 Å². The van der Waals surface area contributed by atoms with Crippen molar-refractivity contribution >= 4 is 23.1 Å². The molecule has 4 rings (SSSR count). The molecule has 1 aromatic carbocycles. The van der Waals surface area contributed by atoms with Gasteiger partial charge in [-0.2, -0.15) is 4.98 Å². The molecule has 0 atom stereocenters. The maximum atomic E-state index is 12.8. The Morgan fingerprint density at radius 2 is 1.93 bits per heavy atom. The maximum Gasteiger partial charge on any atom is 0.348 e. The Morgan fingerprint density at radius 3 is 2.70 bits per heavy atom. The summed E-state index contributed by atoms with van der Waals surface area (Å²) in [5.74, 6) is 0.742. The largest absolute Gasteiger partial charge is 0.348 e. The van der Waals surface area contributed by atoms with Crippen LogP contribution in [0.5, 0.6) is 0 Å². The zero-order valence-corrected chi connectivity index (χ0v) is 19.3. The van der Waals surface area contributed by atoms with Crippen LogP contribution in [0, 0.1) is 0 Å². The van der Waals surface area contributed by atoms with E-state index in [2.05, 4.69) is 41.2 Å². The van der Waals surface area contributed by atoms with Crippen LogP contribution in [-0.4, -0.2) is 39.1 Å². The second-order valence-corrected chi connectivity index (χ2v) is 9.28. The SMILES string of the molecule is CCN(CC)CCn1c2c(c(SCc3csc(-c4ccccc4)n3)nc1=O)CCC2. The molecule has 5 nitrogen and oxygen atoms in total. The number of thiazole rings is 1. The highest BCUT2D eigenvalue weighted by Gasteiger charge is 2.22. The molecule has 158 valence electrons. The first-order valence-electron chi connectivity index (χ1n) is 10.7. The van der Waals surface area contributed by atoms with Gasteiger partial charge in [0.15, 0.2) is 0 Å². The topological polar surface area (TPSA) is 51.0 Å². The van der Waals surface area contributed by atoms with Crippen molar-refractivity contribution in [2.75, 3.05) is 19.6 Å². The van der Waals surface area contributed by atoms with Gasteiger partial charge in [0.2, 0.25) is 0 Å². The van der Waals surface area contributed by atoms with E-state index in [1.807, 2.05) is 22.8 Å². The van der Waals surface area contributed by atoms with E-state index in [-0.39, 0.29) is 5.69 Å². The minimum Gasteiger partial charge on any atom is -0.302 e. The summed E-state index contributed by atoms with van der Waals surface area (Å²) in [5.41, 5.74) is 4.57. The monoisotopic (exact) mass is 440 g/mol. The minimum atomic E-state index is -0.103. The summed E-state index contributed by atoms with van der Waals surface area (Å²) in [7, 11) is 0. The fraction of sp³-hybridized carbons (Fsp3) is 0.435. The third kappa shape index (κ3) is 4.68. The van der Waals surface area contributed by atoms with Gasteiger partial charge in [-0.05, 0) is 32.4 Å². The molecule has 0 saturated heterocycles. The molecule has 2 aromatic heterocycles. The Hall–Kier alpha value is -1.96. The smallest absolute Gasteiger partial charge is 0.302 e. The van der Waals surface area contributed by atoms with E-state index in [9.17, 15) is 4.79 Å². The van der Waals surface area contributed by atoms with Crippen LogP contribution in [0.2, 0.25) is 0 Å². The summed E-state index contributed by atoms with van der Waals surface area (Å²) >= 11 is 3.32. The molecule has 0 aliphatic heterocycles. The standard InChI is InChI=1S/C23H28N4OS2/c1-3-26(4-2)13-14-27-20-12-8-11-19(20)22(25-23(27)28)30-16-18-15-29-21(24-18)17-9-6-5-7-10-17/h5-7,9-10,15H,3-4,8,11-14,16H2,1-2H3. The lowest BCUT2D eigenvalue weighted by atomic mass is 10.2. The van der Waals surface area contributed by atoms with E-state index in [4.69, 9.17) is 4.98 Å². The van der Waals surface area contributed by atoms with Gasteiger partial charge < -0.3 is 4.90 Å². The normalized spacial score (nSPS) is 13.2. The van der Waals surface area contributed by atoms with Crippen molar-refractivity contribution < 1.29 is 0 Å². The number of benzene rings is 1. The summed E-state index contributed by atoms with van der Waals surface area (Å²) < 4.78 is 1.92. The average Bonchev–Trinajstić information content (AvgIpc) is 3.45. The molecular formula is C23H28N4OS2. The zero-order valence-electron chi connectivity index (χ0n) is 17.6. The molecule has 0 spiro atoms. The molecule has 0 unspecified atom stereocenters. The number of thioether (sulfide) groups is 1. The molecular weight excluding hydrogens is 412 g/mol. The highest BCUT2D eigenvalue weighted by atomic mass is 32.2. The van der Waals surface area contributed by atoms with Gasteiger partial charge in [-0.1, -0.05) is 55.9 Å². The van der Waals surface area contributed by atoms with Gasteiger partial charge in [-0.15, -0.1) is 11.3 Å². The second kappa shape index (κ2) is 9.90. The summed E-state index contributed by atoms with van der Waals surface area (Å²) in [6.45, 7) is 7.97. The van der Waals surface area contributed by atoms with Crippen LogP contribution < -0.4 is 5.69 Å². The van der Waals surface area contributed by atoms with Crippen molar-refractivity contribution in [3.05, 3.63) is 63.1 Å². The van der Waals surface area contributed by atoms with Crippen LogP contribution in [-0.2, 0) is 25.1 Å². The Labute approximate surface area is 186 Å². The van der Waals surface area contributed by atoms with E-state index in [0.717, 1.165) is 72.5 Å². The molecule has 0 amide bonds. The number of likely N-dealkylation sites (N-methyl/N-ethyl adjacent to an activating group) is 1. The molecule has 1 aliphatic rings. The quantitative estimate of drug-likeness (QED) is 0.362. The summed E-state index contributed by atoms with van der Waals surface area (Å²) in [4.78, 5) is 24.4. The summed E-state index contributed by atoms with van der Waals surface area (Å²) in [6, 6.07) is 10.3. The van der Waals surface area contributed by atoms with Gasteiger partial charge >= 0.3 is 5.69 Å². The number of hydrogen-bond donors (Lipinski definition) is 0. The second-order valence-electron chi connectivity index (χ2n) is 7.46. The number of aromatic nitrogens is 3. The molecule has 0 bridgehead atoms. The van der Waals surface area contributed by atoms with Gasteiger partial charge in [0.1, 0.15) is 10.0 Å². The van der Waals surface area contributed by atoms with E-state index in [1.165, 1.54) is 11.3 Å². The first kappa shape index (κ1) is 21.3. The van der Waals surface area contributed by atoms with Gasteiger partial charge in [0, 0.05) is 41.0 Å². The predicted octanol–water partition coefficient (Wildman–Crippen LogP) is 4.49. The van der Waals surface area contributed by atoms with Crippen LogP contribution in [0.3, 0.4) is 0 Å². The fourth-order valence-electron chi connectivity index (χ4n) is 3.95. The van der Waals surface area contributed by atoms with E-state index >= 15 is 0 Å². The van der Waals surface area contributed by atoms with Crippen molar-refractivity contribution in [1.29, 1.82) is 0 Å². The van der Waals surface area contributed by atoms with Crippen molar-refractivity contribution in [3.8, 4) is 10.6 Å². The third-order valence-electron chi connectivity index (χ3n) is 5.66. The first-order valence-corrected chi connectivity index (χ1v) is 12.5. The lowest BCUT2D eigenvalue weighted by molar-refractivity contribution is 0.286. The molecule has 1 aliphatic carbocycles. The van der Waals surface area contributed by atoms with Crippen molar-refractivity contribution in [3.63, 3.8) is 0 Å². The van der Waals surface area contributed by atoms with Gasteiger partial charge in [0.05, 0.1) is 5.69 Å². The molecule has 0 saturated carbocycles. The molecule has 0 radical (unpaired) electrons. The number of fused-ring (bicyclic) bond motifs is 1. The molecule has 0 N–H and O–H groups in total. The van der Waals surface area contributed by atoms with Gasteiger partial charge in [-0.25, -0.2) is 9.78 Å². The highest BCUT2D eigenvalue weighted by molar-refractivity contribution is 7.98. The van der Waals surface area contributed by atoms with Crippen LogP contribution in [0.4, 0.5) is 0 Å². The van der Waals surface area contributed by atoms with Crippen LogP contribution >= 0.6 is 23.1 Å². The molecule has 30 heavy (non-hydrogen) atoms. The molecule has 2 heterocycles. The van der Waals surface area contributed by atoms with Gasteiger partial charge in [-0.3, -0.25) is 4.57 Å². The molecule has 7 heteroatoms. The van der Waals surface area contributed by atoms with E-state index in [1.54, 1.807) is 23.1 Å². The van der Waals surface area contributed by atoms with Crippen molar-refractivity contribution in [2.45, 2.75) is 50.4 Å². The maximum absolute atomic E-state index is 12.8. The Bertz CT molecular complexity index is 1040. The highest BCUT2D eigenvalue weighted by Crippen LogP contribution is 2.32. The number of rotatable bonds is 9. The predicted molar refractivity (Wildman–Crippen MR) is 125 cm³/mol. The van der Waals surface area contributed by atoms with Crippen molar-refractivity contribution in [1.82, 2.24) is 19.4 Å². The van der Waals surface area contributed by atoms with Crippen LogP contribution in [0.25, 0.3) is 10.6 Å². The zero-order chi connectivity index (χ0) is 20.9. The van der Waals surface area contributed by atoms with Crippen molar-refractivity contribution in [2.24, 2.45) is 0 Å². The molecule has 3 aromatic rings. The van der Waals surface area contributed by atoms with Crippen LogP contribution in [0.1, 0.15) is 37.2 Å². The Morgan fingerprint density at radius 1 is 1.13 bits per heavy atom. The summed E-state index contributed by atoms with van der Waals surface area (Å²) in [6.07, 6.45) is 3.10. The first-order chi connectivity index (χ1) is 14.7. The van der Waals surface area contributed by atoms with E-state index in [0.29, 0.717) is 0 Å².